The Labute approximate surface area is 233 Å². The maximum Gasteiger partial charge on any atom is 0.407 e. The Morgan fingerprint density at radius 3 is 2.40 bits per heavy atom. The summed E-state index contributed by atoms with van der Waals surface area (Å²) < 4.78 is 11.7. The number of nitrogens with zero attached hydrogens (tertiary/aromatic N) is 3. The number of pyridine rings is 1. The molecule has 0 bridgehead atoms. The minimum atomic E-state index is -0.380. The Hall–Kier alpha value is -4.65. The fraction of sp³-hybridized carbons (Fsp3) is 0.242. The lowest BCUT2D eigenvalue weighted by Gasteiger charge is -2.35. The summed E-state index contributed by atoms with van der Waals surface area (Å²) in [6, 6.07) is 24.1. The van der Waals surface area contributed by atoms with Gasteiger partial charge in [0.05, 0.1) is 11.3 Å². The van der Waals surface area contributed by atoms with Gasteiger partial charge in [0.1, 0.15) is 12.1 Å². The number of piperidine rings is 1. The van der Waals surface area contributed by atoms with Gasteiger partial charge in [-0.3, -0.25) is 4.98 Å². The highest BCUT2D eigenvalue weighted by molar-refractivity contribution is 5.90. The van der Waals surface area contributed by atoms with Crippen molar-refractivity contribution in [2.75, 3.05) is 18.0 Å². The smallest absolute Gasteiger partial charge is 0.407 e. The van der Waals surface area contributed by atoms with Crippen LogP contribution in [0.4, 0.5) is 10.5 Å². The number of hydrogen-bond acceptors (Lipinski definition) is 6. The first-order chi connectivity index (χ1) is 19.5. The van der Waals surface area contributed by atoms with Gasteiger partial charge in [-0.1, -0.05) is 71.8 Å². The predicted octanol–water partition coefficient (Wildman–Crippen LogP) is 7.07. The van der Waals surface area contributed by atoms with Crippen molar-refractivity contribution in [3.63, 3.8) is 0 Å². The van der Waals surface area contributed by atoms with E-state index in [2.05, 4.69) is 47.2 Å². The molecule has 1 aliphatic heterocycles. The van der Waals surface area contributed by atoms with Gasteiger partial charge in [0.25, 0.3) is 0 Å². The Morgan fingerprint density at radius 2 is 1.65 bits per heavy atom. The third kappa shape index (κ3) is 5.54. The number of aromatic nitrogens is 2. The number of nitrogens with one attached hydrogen (secondary N) is 1. The number of hydrogen-bond donors (Lipinski definition) is 1. The first-order valence-corrected chi connectivity index (χ1v) is 13.7. The van der Waals surface area contributed by atoms with E-state index in [1.807, 2.05) is 67.0 Å². The van der Waals surface area contributed by atoms with Gasteiger partial charge in [0, 0.05) is 37.1 Å². The number of amides is 1. The van der Waals surface area contributed by atoms with Crippen molar-refractivity contribution >= 4 is 22.9 Å². The molecule has 6 rings (SSSR count). The number of benzene rings is 3. The summed E-state index contributed by atoms with van der Waals surface area (Å²) in [7, 11) is 0. The highest BCUT2D eigenvalue weighted by Crippen LogP contribution is 2.41. The summed E-state index contributed by atoms with van der Waals surface area (Å²) in [5.74, 6) is 0.555. The summed E-state index contributed by atoms with van der Waals surface area (Å²) in [6.45, 7) is 6.01. The van der Waals surface area contributed by atoms with E-state index in [0.29, 0.717) is 5.89 Å². The minimum Gasteiger partial charge on any atom is -0.445 e. The number of fused-ring (bicyclic) bond motifs is 1. The molecule has 1 amide bonds. The molecule has 0 saturated carbocycles. The van der Waals surface area contributed by atoms with Gasteiger partial charge in [-0.2, -0.15) is 0 Å². The lowest BCUT2D eigenvalue weighted by Crippen LogP contribution is -2.45. The molecule has 202 valence electrons. The Morgan fingerprint density at radius 1 is 0.950 bits per heavy atom. The summed E-state index contributed by atoms with van der Waals surface area (Å²) in [6.07, 6.45) is 4.98. The number of rotatable bonds is 6. The second kappa shape index (κ2) is 11.2. The van der Waals surface area contributed by atoms with E-state index >= 15 is 0 Å². The van der Waals surface area contributed by atoms with E-state index in [-0.39, 0.29) is 18.7 Å². The summed E-state index contributed by atoms with van der Waals surface area (Å²) in [5, 5.41) is 3.06. The van der Waals surface area contributed by atoms with Crippen LogP contribution >= 0.6 is 0 Å². The number of ether oxygens (including phenoxy) is 1. The van der Waals surface area contributed by atoms with E-state index in [9.17, 15) is 4.79 Å². The highest BCUT2D eigenvalue weighted by atomic mass is 16.5. The molecule has 0 radical (unpaired) electrons. The summed E-state index contributed by atoms with van der Waals surface area (Å²) in [4.78, 5) is 24.3. The van der Waals surface area contributed by atoms with Crippen LogP contribution in [-0.4, -0.2) is 35.2 Å². The molecular weight excluding hydrogens is 500 g/mol. The quantitative estimate of drug-likeness (QED) is 0.252. The second-order valence-corrected chi connectivity index (χ2v) is 10.4. The van der Waals surface area contributed by atoms with Crippen LogP contribution < -0.4 is 10.2 Å². The molecule has 1 N–H and O–H groups in total. The summed E-state index contributed by atoms with van der Waals surface area (Å²) >= 11 is 0. The average Bonchev–Trinajstić information content (AvgIpc) is 3.41. The second-order valence-electron chi connectivity index (χ2n) is 10.4. The van der Waals surface area contributed by atoms with Crippen molar-refractivity contribution in [1.29, 1.82) is 0 Å². The van der Waals surface area contributed by atoms with Crippen LogP contribution in [0.5, 0.6) is 0 Å². The maximum absolute atomic E-state index is 12.5. The van der Waals surface area contributed by atoms with Gasteiger partial charge in [0.2, 0.25) is 5.89 Å². The molecule has 1 fully saturated rings. The third-order valence-electron chi connectivity index (χ3n) is 7.32. The van der Waals surface area contributed by atoms with Crippen molar-refractivity contribution in [3.05, 3.63) is 102 Å². The molecule has 0 atom stereocenters. The lowest BCUT2D eigenvalue weighted by molar-refractivity contribution is 0.134. The average molecular weight is 533 g/mol. The zero-order valence-corrected chi connectivity index (χ0v) is 22.8. The summed E-state index contributed by atoms with van der Waals surface area (Å²) in [5.41, 5.74) is 9.00. The first-order valence-electron chi connectivity index (χ1n) is 13.7. The third-order valence-corrected chi connectivity index (χ3v) is 7.32. The molecule has 0 aliphatic carbocycles. The minimum absolute atomic E-state index is 0.0406. The number of para-hydroxylation sites is 2. The molecule has 3 heterocycles. The molecule has 5 aromatic rings. The van der Waals surface area contributed by atoms with Gasteiger partial charge >= 0.3 is 6.09 Å². The molecule has 7 heteroatoms. The first kappa shape index (κ1) is 25.6. The van der Waals surface area contributed by atoms with Crippen LogP contribution in [0.15, 0.2) is 89.6 Å². The largest absolute Gasteiger partial charge is 0.445 e. The van der Waals surface area contributed by atoms with E-state index < -0.39 is 0 Å². The van der Waals surface area contributed by atoms with E-state index in [4.69, 9.17) is 14.1 Å². The van der Waals surface area contributed by atoms with Crippen molar-refractivity contribution in [3.8, 4) is 22.6 Å². The van der Waals surface area contributed by atoms with Gasteiger partial charge in [-0.25, -0.2) is 9.78 Å². The van der Waals surface area contributed by atoms with E-state index in [0.717, 1.165) is 65.0 Å². The van der Waals surface area contributed by atoms with Gasteiger partial charge in [-0.05, 0) is 49.9 Å². The van der Waals surface area contributed by atoms with Crippen LogP contribution in [0, 0.1) is 13.8 Å². The number of carbonyl (C=O) groups excluding carboxylic acids is 1. The fourth-order valence-corrected chi connectivity index (χ4v) is 5.46. The van der Waals surface area contributed by atoms with Crippen molar-refractivity contribution in [1.82, 2.24) is 15.3 Å². The molecule has 0 spiro atoms. The highest BCUT2D eigenvalue weighted by Gasteiger charge is 2.27. The maximum atomic E-state index is 12.5. The molecule has 40 heavy (non-hydrogen) atoms. The van der Waals surface area contributed by atoms with Crippen LogP contribution in [-0.2, 0) is 11.3 Å². The Kier molecular flexibility index (Phi) is 7.19. The van der Waals surface area contributed by atoms with Crippen LogP contribution in [0.1, 0.15) is 29.5 Å². The van der Waals surface area contributed by atoms with Crippen LogP contribution in [0.25, 0.3) is 33.7 Å². The standard InChI is InChI=1S/C33H32N4O3/c1-22-16-23(2)18-25(17-22)27-19-34-20-28(32-36-29-10-6-7-11-30(29)40-32)31(27)37-14-12-26(13-15-37)35-33(38)39-21-24-8-4-3-5-9-24/h3-11,16-20,26H,12-15,21H2,1-2H3,(H,35,38). The topological polar surface area (TPSA) is 80.5 Å². The van der Waals surface area contributed by atoms with Gasteiger partial charge in [0.15, 0.2) is 5.58 Å². The van der Waals surface area contributed by atoms with Gasteiger partial charge in [-0.15, -0.1) is 0 Å². The molecule has 1 aliphatic rings. The molecule has 0 unspecified atom stereocenters. The van der Waals surface area contributed by atoms with Gasteiger partial charge < -0.3 is 19.4 Å². The number of alkyl carbamates (subject to hydrolysis) is 1. The SMILES string of the molecule is Cc1cc(C)cc(-c2cncc(-c3nc4ccccc4o3)c2N2CCC(NC(=O)OCc3ccccc3)CC2)c1. The molecule has 7 nitrogen and oxygen atoms in total. The van der Waals surface area contributed by atoms with Crippen molar-refractivity contribution in [2.45, 2.75) is 39.3 Å². The number of carbonyl (C=O) groups is 1. The monoisotopic (exact) mass is 532 g/mol. The zero-order chi connectivity index (χ0) is 27.5. The van der Waals surface area contributed by atoms with Crippen LogP contribution in [0.3, 0.4) is 0 Å². The molecule has 3 aromatic carbocycles. The van der Waals surface area contributed by atoms with E-state index in [1.54, 1.807) is 0 Å². The molecular formula is C33H32N4O3. The number of oxazole rings is 1. The van der Waals surface area contributed by atoms with Crippen molar-refractivity contribution < 1.29 is 13.9 Å². The number of anilines is 1. The fourth-order valence-electron chi connectivity index (χ4n) is 5.46. The van der Waals surface area contributed by atoms with E-state index in [1.165, 1.54) is 11.1 Å². The normalized spacial score (nSPS) is 13.9. The molecule has 2 aromatic heterocycles. The predicted molar refractivity (Wildman–Crippen MR) is 157 cm³/mol. The molecule has 1 saturated heterocycles. The van der Waals surface area contributed by atoms with Crippen molar-refractivity contribution in [2.24, 2.45) is 0 Å². The van der Waals surface area contributed by atoms with Crippen LogP contribution in [0.2, 0.25) is 0 Å². The Bertz CT molecular complexity index is 1590. The zero-order valence-electron chi connectivity index (χ0n) is 22.8. The number of aryl methyl sites for hydroxylation is 2. The lowest BCUT2D eigenvalue weighted by atomic mass is 9.96. The Balaban J connectivity index is 1.26.